The van der Waals surface area contributed by atoms with Gasteiger partial charge in [-0.05, 0) is 35.2 Å². The molecule has 202 valence electrons. The summed E-state index contributed by atoms with van der Waals surface area (Å²) in [7, 11) is 1.63. The highest BCUT2D eigenvalue weighted by Gasteiger charge is 2.39. The van der Waals surface area contributed by atoms with E-state index in [1.807, 2.05) is 84.9 Å². The van der Waals surface area contributed by atoms with Crippen molar-refractivity contribution in [2.75, 3.05) is 13.7 Å². The lowest BCUT2D eigenvalue weighted by atomic mass is 9.95. The highest BCUT2D eigenvalue weighted by atomic mass is 16.6. The average Bonchev–Trinajstić information content (AvgIpc) is 2.96. The van der Waals surface area contributed by atoms with E-state index >= 15 is 0 Å². The molecule has 3 aromatic carbocycles. The molecule has 0 bridgehead atoms. The summed E-state index contributed by atoms with van der Waals surface area (Å²) < 4.78 is 30.4. The van der Waals surface area contributed by atoms with Crippen molar-refractivity contribution in [3.05, 3.63) is 102 Å². The smallest absolute Gasteiger partial charge is 0.303 e. The van der Waals surface area contributed by atoms with Gasteiger partial charge in [0.1, 0.15) is 11.9 Å². The van der Waals surface area contributed by atoms with Crippen LogP contribution in [0.3, 0.4) is 0 Å². The molecular formula is C31H36O7. The normalized spacial score (nSPS) is 21.2. The van der Waals surface area contributed by atoms with E-state index in [0.29, 0.717) is 39.3 Å². The Morgan fingerprint density at radius 1 is 0.789 bits per heavy atom. The molecule has 1 fully saturated rings. The first-order valence-electron chi connectivity index (χ1n) is 13.0. The predicted octanol–water partition coefficient (Wildman–Crippen LogP) is 5.40. The van der Waals surface area contributed by atoms with Crippen molar-refractivity contribution in [2.45, 2.75) is 63.5 Å². The van der Waals surface area contributed by atoms with Crippen LogP contribution in [0.15, 0.2) is 84.9 Å². The molecule has 0 unspecified atom stereocenters. The van der Waals surface area contributed by atoms with Crippen LogP contribution >= 0.6 is 0 Å². The number of rotatable bonds is 14. The zero-order valence-corrected chi connectivity index (χ0v) is 21.7. The largest absolute Gasteiger partial charge is 0.497 e. The number of aliphatic carboxylic acids is 1. The maximum absolute atomic E-state index is 11.4. The Labute approximate surface area is 224 Å². The minimum atomic E-state index is -0.859. The summed E-state index contributed by atoms with van der Waals surface area (Å²) in [6.07, 6.45) is -0.389. The topological polar surface area (TPSA) is 83.5 Å². The molecule has 3 aromatic rings. The summed E-state index contributed by atoms with van der Waals surface area (Å²) in [5, 5.41) is 9.33. The van der Waals surface area contributed by atoms with Crippen molar-refractivity contribution >= 4 is 5.97 Å². The van der Waals surface area contributed by atoms with Gasteiger partial charge < -0.3 is 28.8 Å². The third-order valence-electron chi connectivity index (χ3n) is 6.61. The number of hydrogen-bond donors (Lipinski definition) is 1. The van der Waals surface area contributed by atoms with Crippen molar-refractivity contribution in [1.29, 1.82) is 0 Å². The summed E-state index contributed by atoms with van der Waals surface area (Å²) in [5.74, 6) is -0.0800. The van der Waals surface area contributed by atoms with Gasteiger partial charge in [-0.15, -0.1) is 0 Å². The molecule has 1 heterocycles. The molecule has 4 atom stereocenters. The second-order valence-corrected chi connectivity index (χ2v) is 9.41. The van der Waals surface area contributed by atoms with Crippen LogP contribution in [0.1, 0.15) is 36.0 Å². The molecule has 0 saturated carbocycles. The minimum absolute atomic E-state index is 0.000193. The van der Waals surface area contributed by atoms with Crippen LogP contribution in [0, 0.1) is 0 Å². The lowest BCUT2D eigenvalue weighted by molar-refractivity contribution is -0.217. The highest BCUT2D eigenvalue weighted by Crippen LogP contribution is 2.30. The Bertz CT molecular complexity index is 1090. The maximum atomic E-state index is 11.4. The molecule has 7 nitrogen and oxygen atoms in total. The number of ether oxygens (including phenoxy) is 5. The third-order valence-corrected chi connectivity index (χ3v) is 6.61. The van der Waals surface area contributed by atoms with E-state index in [4.69, 9.17) is 23.7 Å². The fraction of sp³-hybridized carbons (Fsp3) is 0.387. The maximum Gasteiger partial charge on any atom is 0.303 e. The van der Waals surface area contributed by atoms with Crippen LogP contribution in [0.2, 0.25) is 0 Å². The van der Waals surface area contributed by atoms with Gasteiger partial charge in [0.2, 0.25) is 0 Å². The summed E-state index contributed by atoms with van der Waals surface area (Å²) >= 11 is 0. The van der Waals surface area contributed by atoms with Gasteiger partial charge in [0.15, 0.2) is 0 Å². The van der Waals surface area contributed by atoms with Crippen LogP contribution in [-0.2, 0) is 43.6 Å². The monoisotopic (exact) mass is 520 g/mol. The van der Waals surface area contributed by atoms with E-state index in [2.05, 4.69) is 0 Å². The Morgan fingerprint density at radius 3 is 1.92 bits per heavy atom. The molecule has 0 aliphatic carbocycles. The Balaban J connectivity index is 1.44. The Morgan fingerprint density at radius 2 is 1.34 bits per heavy atom. The highest BCUT2D eigenvalue weighted by molar-refractivity contribution is 5.66. The molecule has 38 heavy (non-hydrogen) atoms. The second-order valence-electron chi connectivity index (χ2n) is 9.41. The number of benzene rings is 3. The average molecular weight is 521 g/mol. The quantitative estimate of drug-likeness (QED) is 0.305. The molecule has 0 radical (unpaired) electrons. The van der Waals surface area contributed by atoms with Gasteiger partial charge in [0, 0.05) is 12.8 Å². The number of hydrogen-bond acceptors (Lipinski definition) is 6. The molecule has 0 aromatic heterocycles. The number of carboxylic acids is 1. The molecule has 7 heteroatoms. The van der Waals surface area contributed by atoms with Gasteiger partial charge in [0.05, 0.1) is 51.8 Å². The van der Waals surface area contributed by atoms with Gasteiger partial charge in [-0.2, -0.15) is 0 Å². The number of methoxy groups -OCH3 is 1. The molecule has 1 aliphatic heterocycles. The zero-order chi connectivity index (χ0) is 26.6. The van der Waals surface area contributed by atoms with Crippen LogP contribution in [-0.4, -0.2) is 49.2 Å². The molecule has 4 rings (SSSR count). The fourth-order valence-corrected chi connectivity index (χ4v) is 4.52. The summed E-state index contributed by atoms with van der Waals surface area (Å²) in [5.41, 5.74) is 3.14. The molecule has 1 aliphatic rings. The van der Waals surface area contributed by atoms with E-state index < -0.39 is 5.97 Å². The van der Waals surface area contributed by atoms with E-state index in [1.165, 1.54) is 0 Å². The van der Waals surface area contributed by atoms with Gasteiger partial charge in [0.25, 0.3) is 0 Å². The van der Waals surface area contributed by atoms with Crippen LogP contribution in [0.4, 0.5) is 0 Å². The molecular weight excluding hydrogens is 484 g/mol. The van der Waals surface area contributed by atoms with E-state index in [-0.39, 0.29) is 30.8 Å². The summed E-state index contributed by atoms with van der Waals surface area (Å²) in [4.78, 5) is 11.4. The second kappa shape index (κ2) is 14.6. The first-order chi connectivity index (χ1) is 18.6. The molecule has 0 amide bonds. The zero-order valence-electron chi connectivity index (χ0n) is 21.7. The SMILES string of the molecule is COc1ccc(CO[C@H]2C[C@@H](OCc3ccccc3)[C@H](COCc3ccccc3)O[C@@H]2CCC(=O)O)cc1. The summed E-state index contributed by atoms with van der Waals surface area (Å²) in [6, 6.07) is 27.7. The predicted molar refractivity (Wildman–Crippen MR) is 143 cm³/mol. The summed E-state index contributed by atoms with van der Waals surface area (Å²) in [6.45, 7) is 1.61. The van der Waals surface area contributed by atoms with Crippen LogP contribution in [0.5, 0.6) is 5.75 Å². The van der Waals surface area contributed by atoms with Crippen molar-refractivity contribution in [2.24, 2.45) is 0 Å². The van der Waals surface area contributed by atoms with E-state index in [1.54, 1.807) is 7.11 Å². The molecule has 1 N–H and O–H groups in total. The van der Waals surface area contributed by atoms with Crippen LogP contribution < -0.4 is 4.74 Å². The third kappa shape index (κ3) is 8.67. The van der Waals surface area contributed by atoms with E-state index in [9.17, 15) is 9.90 Å². The molecule has 0 spiro atoms. The first kappa shape index (κ1) is 27.8. The van der Waals surface area contributed by atoms with Gasteiger partial charge >= 0.3 is 5.97 Å². The standard InChI is InChI=1S/C31H36O7/c1-34-26-14-12-25(13-15-26)21-36-28-18-29(37-20-24-10-6-3-7-11-24)30(38-27(28)16-17-31(32)33)22-35-19-23-8-4-2-5-9-23/h2-15,27-30H,16-22H2,1H3,(H,32,33)/t27-,28+,29-,30+/m1/s1. The van der Waals surface area contributed by atoms with Gasteiger partial charge in [-0.25, -0.2) is 0 Å². The lowest BCUT2D eigenvalue weighted by Crippen LogP contribution is -2.51. The van der Waals surface area contributed by atoms with Crippen molar-refractivity contribution in [3.8, 4) is 5.75 Å². The van der Waals surface area contributed by atoms with Crippen molar-refractivity contribution < 1.29 is 33.6 Å². The minimum Gasteiger partial charge on any atom is -0.497 e. The van der Waals surface area contributed by atoms with Crippen LogP contribution in [0.25, 0.3) is 0 Å². The van der Waals surface area contributed by atoms with E-state index in [0.717, 1.165) is 22.4 Å². The number of carbonyl (C=O) groups is 1. The lowest BCUT2D eigenvalue weighted by Gasteiger charge is -2.41. The first-order valence-corrected chi connectivity index (χ1v) is 13.0. The Hall–Kier alpha value is -3.23. The van der Waals surface area contributed by atoms with Crippen molar-refractivity contribution in [1.82, 2.24) is 0 Å². The van der Waals surface area contributed by atoms with Crippen molar-refractivity contribution in [3.63, 3.8) is 0 Å². The molecule has 1 saturated heterocycles. The fourth-order valence-electron chi connectivity index (χ4n) is 4.52. The Kier molecular flexibility index (Phi) is 10.7. The number of carboxylic acid groups (broad SMARTS) is 1. The van der Waals surface area contributed by atoms with Gasteiger partial charge in [-0.3, -0.25) is 4.79 Å². The van der Waals surface area contributed by atoms with Gasteiger partial charge in [-0.1, -0.05) is 72.8 Å².